The Balaban J connectivity index is 1.45. The SMILES string of the molecule is CC(=O)c1cccc(OCC(=O)N2CCN(Cc3ccc(Cl)s3)CC2)c1. The quantitative estimate of drug-likeness (QED) is 0.707. The highest BCUT2D eigenvalue weighted by atomic mass is 35.5. The Labute approximate surface area is 162 Å². The summed E-state index contributed by atoms with van der Waals surface area (Å²) in [5, 5.41) is 0. The Morgan fingerprint density at radius 2 is 1.92 bits per heavy atom. The number of carbonyl (C=O) groups is 2. The van der Waals surface area contributed by atoms with E-state index in [9.17, 15) is 9.59 Å². The third kappa shape index (κ3) is 5.06. The van der Waals surface area contributed by atoms with Crippen molar-refractivity contribution in [3.05, 3.63) is 51.2 Å². The number of ether oxygens (including phenoxy) is 1. The summed E-state index contributed by atoms with van der Waals surface area (Å²) in [5.41, 5.74) is 0.581. The summed E-state index contributed by atoms with van der Waals surface area (Å²) in [7, 11) is 0. The van der Waals surface area contributed by atoms with Crippen LogP contribution in [0.3, 0.4) is 0 Å². The van der Waals surface area contributed by atoms with Crippen LogP contribution in [0.5, 0.6) is 5.75 Å². The van der Waals surface area contributed by atoms with Gasteiger partial charge in [0.2, 0.25) is 0 Å². The lowest BCUT2D eigenvalue weighted by Crippen LogP contribution is -2.49. The second-order valence-corrected chi connectivity index (χ2v) is 8.04. The van der Waals surface area contributed by atoms with E-state index in [1.807, 2.05) is 17.0 Å². The number of carbonyl (C=O) groups excluding carboxylic acids is 2. The first-order valence-electron chi connectivity index (χ1n) is 8.49. The van der Waals surface area contributed by atoms with Gasteiger partial charge in [-0.2, -0.15) is 0 Å². The lowest BCUT2D eigenvalue weighted by Gasteiger charge is -2.34. The number of hydrogen-bond donors (Lipinski definition) is 0. The van der Waals surface area contributed by atoms with Crippen LogP contribution >= 0.6 is 22.9 Å². The number of ketones is 1. The van der Waals surface area contributed by atoms with Gasteiger partial charge in [0.15, 0.2) is 12.4 Å². The number of thiophene rings is 1. The van der Waals surface area contributed by atoms with Crippen molar-refractivity contribution in [1.82, 2.24) is 9.80 Å². The van der Waals surface area contributed by atoms with Gasteiger partial charge in [-0.1, -0.05) is 23.7 Å². The van der Waals surface area contributed by atoms with Gasteiger partial charge in [-0.25, -0.2) is 0 Å². The summed E-state index contributed by atoms with van der Waals surface area (Å²) in [6.45, 7) is 5.41. The average Bonchev–Trinajstić information content (AvgIpc) is 3.05. The minimum absolute atomic E-state index is 0.0120. The van der Waals surface area contributed by atoms with Crippen LogP contribution in [0.4, 0.5) is 0 Å². The molecule has 26 heavy (non-hydrogen) atoms. The van der Waals surface area contributed by atoms with E-state index >= 15 is 0 Å². The molecule has 5 nitrogen and oxygen atoms in total. The number of amides is 1. The van der Waals surface area contributed by atoms with Crippen molar-refractivity contribution in [2.45, 2.75) is 13.5 Å². The van der Waals surface area contributed by atoms with Crippen LogP contribution in [0.1, 0.15) is 22.2 Å². The Hall–Kier alpha value is -1.89. The Morgan fingerprint density at radius 1 is 1.15 bits per heavy atom. The molecule has 0 atom stereocenters. The van der Waals surface area contributed by atoms with Gasteiger partial charge in [-0.05, 0) is 31.2 Å². The molecule has 0 aliphatic carbocycles. The molecule has 0 N–H and O–H groups in total. The van der Waals surface area contributed by atoms with Crippen LogP contribution < -0.4 is 4.74 Å². The van der Waals surface area contributed by atoms with Crippen molar-refractivity contribution >= 4 is 34.6 Å². The fraction of sp³-hybridized carbons (Fsp3) is 0.368. The molecular formula is C19H21ClN2O3S. The van der Waals surface area contributed by atoms with Gasteiger partial charge in [-0.15, -0.1) is 11.3 Å². The fourth-order valence-corrected chi connectivity index (χ4v) is 3.98. The summed E-state index contributed by atoms with van der Waals surface area (Å²) in [4.78, 5) is 29.2. The van der Waals surface area contributed by atoms with Gasteiger partial charge in [0.05, 0.1) is 4.34 Å². The van der Waals surface area contributed by atoms with Gasteiger partial charge in [-0.3, -0.25) is 14.5 Å². The molecule has 0 bridgehead atoms. The summed E-state index contributed by atoms with van der Waals surface area (Å²) >= 11 is 7.57. The zero-order valence-corrected chi connectivity index (χ0v) is 16.2. The van der Waals surface area contributed by atoms with E-state index < -0.39 is 0 Å². The van der Waals surface area contributed by atoms with Gasteiger partial charge >= 0.3 is 0 Å². The summed E-state index contributed by atoms with van der Waals surface area (Å²) < 4.78 is 6.37. The molecular weight excluding hydrogens is 372 g/mol. The molecule has 0 unspecified atom stereocenters. The number of benzene rings is 1. The maximum absolute atomic E-state index is 12.4. The molecule has 1 aromatic carbocycles. The largest absolute Gasteiger partial charge is 0.484 e. The normalized spacial score (nSPS) is 15.1. The van der Waals surface area contributed by atoms with E-state index in [0.29, 0.717) is 24.4 Å². The molecule has 1 aliphatic rings. The molecule has 138 valence electrons. The third-order valence-electron chi connectivity index (χ3n) is 4.34. The molecule has 3 rings (SSSR count). The molecule has 0 saturated carbocycles. The lowest BCUT2D eigenvalue weighted by atomic mass is 10.1. The Bertz CT molecular complexity index is 785. The monoisotopic (exact) mass is 392 g/mol. The van der Waals surface area contributed by atoms with Gasteiger partial charge in [0, 0.05) is 43.2 Å². The molecule has 1 aliphatic heterocycles. The third-order valence-corrected chi connectivity index (χ3v) is 5.55. The van der Waals surface area contributed by atoms with Crippen molar-refractivity contribution in [2.24, 2.45) is 0 Å². The van der Waals surface area contributed by atoms with Crippen molar-refractivity contribution in [1.29, 1.82) is 0 Å². The van der Waals surface area contributed by atoms with Crippen LogP contribution in [0.2, 0.25) is 4.34 Å². The van der Waals surface area contributed by atoms with E-state index in [1.54, 1.807) is 35.6 Å². The molecule has 7 heteroatoms. The predicted molar refractivity (Wildman–Crippen MR) is 103 cm³/mol. The molecule has 2 heterocycles. The maximum Gasteiger partial charge on any atom is 0.260 e. The van der Waals surface area contributed by atoms with Crippen molar-refractivity contribution < 1.29 is 14.3 Å². The first-order valence-corrected chi connectivity index (χ1v) is 9.69. The maximum atomic E-state index is 12.4. The molecule has 1 aromatic heterocycles. The van der Waals surface area contributed by atoms with E-state index in [4.69, 9.17) is 16.3 Å². The number of rotatable bonds is 6. The summed E-state index contributed by atoms with van der Waals surface area (Å²) in [5.74, 6) is 0.487. The fourth-order valence-electron chi connectivity index (χ4n) is 2.85. The number of halogens is 1. The van der Waals surface area contributed by atoms with Crippen LogP contribution in [-0.4, -0.2) is 54.3 Å². The molecule has 2 aromatic rings. The van der Waals surface area contributed by atoms with Crippen molar-refractivity contribution in [2.75, 3.05) is 32.8 Å². The minimum atomic E-state index is -0.0305. The molecule has 1 saturated heterocycles. The lowest BCUT2D eigenvalue weighted by molar-refractivity contribution is -0.135. The Morgan fingerprint density at radius 3 is 2.58 bits per heavy atom. The van der Waals surface area contributed by atoms with E-state index in [-0.39, 0.29) is 18.3 Å². The van der Waals surface area contributed by atoms with Gasteiger partial charge in [0.25, 0.3) is 5.91 Å². The van der Waals surface area contributed by atoms with Crippen molar-refractivity contribution in [3.8, 4) is 5.75 Å². The van der Waals surface area contributed by atoms with Crippen LogP contribution in [0.25, 0.3) is 0 Å². The highest BCUT2D eigenvalue weighted by molar-refractivity contribution is 7.16. The number of nitrogens with zero attached hydrogens (tertiary/aromatic N) is 2. The molecule has 0 spiro atoms. The van der Waals surface area contributed by atoms with Crippen LogP contribution in [0.15, 0.2) is 36.4 Å². The highest BCUT2D eigenvalue weighted by Crippen LogP contribution is 2.23. The van der Waals surface area contributed by atoms with Gasteiger partial charge < -0.3 is 9.64 Å². The second kappa shape index (κ2) is 8.66. The molecule has 1 amide bonds. The second-order valence-electron chi connectivity index (χ2n) is 6.24. The topological polar surface area (TPSA) is 49.9 Å². The Kier molecular flexibility index (Phi) is 6.29. The molecule has 0 radical (unpaired) electrons. The number of hydrogen-bond acceptors (Lipinski definition) is 5. The van der Waals surface area contributed by atoms with Crippen molar-refractivity contribution in [3.63, 3.8) is 0 Å². The highest BCUT2D eigenvalue weighted by Gasteiger charge is 2.21. The predicted octanol–water partition coefficient (Wildman–Crippen LogP) is 3.33. The minimum Gasteiger partial charge on any atom is -0.484 e. The zero-order chi connectivity index (χ0) is 18.5. The number of Topliss-reactive ketones (excluding diaryl/α,β-unsaturated/α-hetero) is 1. The zero-order valence-electron chi connectivity index (χ0n) is 14.6. The van der Waals surface area contributed by atoms with E-state index in [0.717, 1.165) is 24.0 Å². The average molecular weight is 393 g/mol. The van der Waals surface area contributed by atoms with Crippen LogP contribution in [0, 0.1) is 0 Å². The smallest absolute Gasteiger partial charge is 0.260 e. The van der Waals surface area contributed by atoms with E-state index in [2.05, 4.69) is 4.90 Å². The first-order chi connectivity index (χ1) is 12.5. The summed E-state index contributed by atoms with van der Waals surface area (Å²) in [6.07, 6.45) is 0. The first kappa shape index (κ1) is 18.9. The molecule has 1 fully saturated rings. The van der Waals surface area contributed by atoms with E-state index in [1.165, 1.54) is 11.8 Å². The van der Waals surface area contributed by atoms with Gasteiger partial charge in [0.1, 0.15) is 5.75 Å². The number of piperazine rings is 1. The standard InChI is InChI=1S/C19H21ClN2O3S/c1-14(23)15-3-2-4-16(11-15)25-13-19(24)22-9-7-21(8-10-22)12-17-5-6-18(20)26-17/h2-6,11H,7-10,12-13H2,1H3. The summed E-state index contributed by atoms with van der Waals surface area (Å²) in [6, 6.07) is 10.9. The van der Waals surface area contributed by atoms with Crippen LogP contribution in [-0.2, 0) is 11.3 Å².